The van der Waals surface area contributed by atoms with Gasteiger partial charge in [0.25, 0.3) is 0 Å². The summed E-state index contributed by atoms with van der Waals surface area (Å²) in [5.41, 5.74) is -2.18. The Bertz CT molecular complexity index is 1100. The second-order valence-corrected chi connectivity index (χ2v) is 9.05. The average molecular weight is 471 g/mol. The van der Waals surface area contributed by atoms with Crippen LogP contribution < -0.4 is 18.9 Å². The highest BCUT2D eigenvalue weighted by Crippen LogP contribution is 2.74. The Morgan fingerprint density at radius 3 is 2.00 bits per heavy atom. The van der Waals surface area contributed by atoms with Crippen molar-refractivity contribution in [1.82, 2.24) is 4.98 Å². The van der Waals surface area contributed by atoms with E-state index in [2.05, 4.69) is 4.98 Å². The normalized spacial score (nSPS) is 23.8. The SMILES string of the molecule is CC(COc1ccc(Oc2ccc(OC34CC(C(F)(F)F)(C3)C4)cc2)cc1)Oc1ccccn1. The molecule has 0 spiro atoms. The van der Waals surface area contributed by atoms with Crippen molar-refractivity contribution in [2.45, 2.75) is 44.1 Å². The number of rotatable bonds is 9. The minimum atomic E-state index is -4.14. The molecule has 0 saturated heterocycles. The molecule has 0 amide bonds. The first kappa shape index (κ1) is 22.4. The maximum Gasteiger partial charge on any atom is 0.394 e. The lowest BCUT2D eigenvalue weighted by molar-refractivity contribution is -0.373. The standard InChI is InChI=1S/C26H24F3NO4/c1-18(32-23-4-2-3-13-30-23)14-31-19-5-7-20(8-6-19)33-21-9-11-22(12-10-21)34-25-15-24(16-25,17-25)26(27,28)29/h2-13,18H,14-17H2,1H3. The van der Waals surface area contributed by atoms with Crippen molar-refractivity contribution in [2.75, 3.05) is 6.61 Å². The van der Waals surface area contributed by atoms with E-state index in [4.69, 9.17) is 18.9 Å². The van der Waals surface area contributed by atoms with Gasteiger partial charge in [0.15, 0.2) is 0 Å². The molecule has 1 heterocycles. The molecule has 8 heteroatoms. The van der Waals surface area contributed by atoms with Gasteiger partial charge in [0.05, 0.1) is 5.41 Å². The number of hydrogen-bond donors (Lipinski definition) is 0. The van der Waals surface area contributed by atoms with Crippen LogP contribution in [0, 0.1) is 5.41 Å². The van der Waals surface area contributed by atoms with Gasteiger partial charge < -0.3 is 18.9 Å². The van der Waals surface area contributed by atoms with Gasteiger partial charge >= 0.3 is 6.18 Å². The van der Waals surface area contributed by atoms with Crippen LogP contribution in [0.15, 0.2) is 72.9 Å². The largest absolute Gasteiger partial charge is 0.490 e. The Morgan fingerprint density at radius 1 is 0.853 bits per heavy atom. The number of aromatic nitrogens is 1. The number of halogens is 3. The fraction of sp³-hybridized carbons (Fsp3) is 0.346. The molecule has 178 valence electrons. The van der Waals surface area contributed by atoms with E-state index >= 15 is 0 Å². The number of alkyl halides is 3. The summed E-state index contributed by atoms with van der Waals surface area (Å²) in [6, 6.07) is 19.6. The number of benzene rings is 2. The van der Waals surface area contributed by atoms with Gasteiger partial charge in [-0.25, -0.2) is 4.98 Å². The van der Waals surface area contributed by atoms with Gasteiger partial charge in [-0.1, -0.05) is 6.07 Å². The lowest BCUT2D eigenvalue weighted by Gasteiger charge is -2.69. The Kier molecular flexibility index (Phi) is 5.54. The zero-order chi connectivity index (χ0) is 23.8. The Balaban J connectivity index is 1.08. The number of nitrogens with zero attached hydrogens (tertiary/aromatic N) is 1. The molecular weight excluding hydrogens is 447 g/mol. The Hall–Kier alpha value is -3.42. The van der Waals surface area contributed by atoms with Crippen LogP contribution in [0.4, 0.5) is 13.2 Å². The third-order valence-corrected chi connectivity index (χ3v) is 6.24. The quantitative estimate of drug-likeness (QED) is 0.353. The summed E-state index contributed by atoms with van der Waals surface area (Å²) in [6.45, 7) is 2.27. The van der Waals surface area contributed by atoms with Crippen molar-refractivity contribution in [1.29, 1.82) is 0 Å². The van der Waals surface area contributed by atoms with Crippen LogP contribution in [0.25, 0.3) is 0 Å². The summed E-state index contributed by atoms with van der Waals surface area (Å²) >= 11 is 0. The van der Waals surface area contributed by atoms with Crippen LogP contribution in [0.3, 0.4) is 0 Å². The molecule has 1 unspecified atom stereocenters. The molecule has 6 rings (SSSR count). The number of ether oxygens (including phenoxy) is 4. The van der Waals surface area contributed by atoms with Crippen molar-refractivity contribution < 1.29 is 32.1 Å². The highest BCUT2D eigenvalue weighted by Gasteiger charge is 2.80. The van der Waals surface area contributed by atoms with Crippen LogP contribution in [0.5, 0.6) is 28.9 Å². The van der Waals surface area contributed by atoms with E-state index < -0.39 is 17.2 Å². The Labute approximate surface area is 195 Å². The lowest BCUT2D eigenvalue weighted by atomic mass is 9.40. The summed E-state index contributed by atoms with van der Waals surface area (Å²) < 4.78 is 62.1. The second kappa shape index (κ2) is 8.42. The van der Waals surface area contributed by atoms with Crippen LogP contribution in [0.1, 0.15) is 26.2 Å². The summed E-state index contributed by atoms with van der Waals surface area (Å²) in [7, 11) is 0. The van der Waals surface area contributed by atoms with Gasteiger partial charge in [0.1, 0.15) is 41.3 Å². The van der Waals surface area contributed by atoms with Crippen LogP contribution in [-0.2, 0) is 0 Å². The van der Waals surface area contributed by atoms with Gasteiger partial charge in [0.2, 0.25) is 5.88 Å². The molecule has 0 N–H and O–H groups in total. The van der Waals surface area contributed by atoms with E-state index in [0.29, 0.717) is 35.5 Å². The van der Waals surface area contributed by atoms with Crippen molar-refractivity contribution in [3.63, 3.8) is 0 Å². The lowest BCUT2D eigenvalue weighted by Crippen LogP contribution is -2.74. The molecular formula is C26H24F3NO4. The molecule has 3 fully saturated rings. The number of pyridine rings is 1. The summed E-state index contributed by atoms with van der Waals surface area (Å²) in [5, 5.41) is 0. The summed E-state index contributed by atoms with van der Waals surface area (Å²) in [5.74, 6) is 3.01. The van der Waals surface area contributed by atoms with Crippen molar-refractivity contribution in [3.05, 3.63) is 72.9 Å². The van der Waals surface area contributed by atoms with Crippen LogP contribution in [-0.4, -0.2) is 29.5 Å². The number of hydrogen-bond acceptors (Lipinski definition) is 5. The third-order valence-electron chi connectivity index (χ3n) is 6.24. The molecule has 3 aromatic rings. The van der Waals surface area contributed by atoms with Crippen molar-refractivity contribution in [3.8, 4) is 28.9 Å². The molecule has 2 bridgehead atoms. The van der Waals surface area contributed by atoms with Crippen molar-refractivity contribution >= 4 is 0 Å². The first-order valence-electron chi connectivity index (χ1n) is 11.1. The Morgan fingerprint density at radius 2 is 1.44 bits per heavy atom. The van der Waals surface area contributed by atoms with E-state index in [1.165, 1.54) is 0 Å². The zero-order valence-corrected chi connectivity index (χ0v) is 18.5. The minimum Gasteiger partial charge on any atom is -0.490 e. The fourth-order valence-corrected chi connectivity index (χ4v) is 4.54. The molecule has 3 aliphatic rings. The predicted molar refractivity (Wildman–Crippen MR) is 118 cm³/mol. The molecule has 1 aromatic heterocycles. The molecule has 1 atom stereocenters. The molecule has 0 radical (unpaired) electrons. The highest BCUT2D eigenvalue weighted by atomic mass is 19.4. The van der Waals surface area contributed by atoms with Gasteiger partial charge in [-0.05, 0) is 61.5 Å². The van der Waals surface area contributed by atoms with Gasteiger partial charge in [-0.2, -0.15) is 13.2 Å². The van der Waals surface area contributed by atoms with Gasteiger partial charge in [-0.15, -0.1) is 0 Å². The smallest absolute Gasteiger partial charge is 0.394 e. The van der Waals surface area contributed by atoms with E-state index in [1.807, 2.05) is 19.1 Å². The molecule has 3 aliphatic carbocycles. The van der Waals surface area contributed by atoms with Crippen molar-refractivity contribution in [2.24, 2.45) is 5.41 Å². The van der Waals surface area contributed by atoms with E-state index in [-0.39, 0.29) is 25.4 Å². The second-order valence-electron chi connectivity index (χ2n) is 9.05. The first-order chi connectivity index (χ1) is 16.2. The minimum absolute atomic E-state index is 0.0459. The topological polar surface area (TPSA) is 49.8 Å². The maximum atomic E-state index is 13.0. The zero-order valence-electron chi connectivity index (χ0n) is 18.5. The monoisotopic (exact) mass is 471 g/mol. The van der Waals surface area contributed by atoms with E-state index in [0.717, 1.165) is 0 Å². The third kappa shape index (κ3) is 4.49. The van der Waals surface area contributed by atoms with Crippen LogP contribution >= 0.6 is 0 Å². The van der Waals surface area contributed by atoms with E-state index in [9.17, 15) is 13.2 Å². The van der Waals surface area contributed by atoms with Crippen LogP contribution in [0.2, 0.25) is 0 Å². The molecule has 34 heavy (non-hydrogen) atoms. The summed E-state index contributed by atoms with van der Waals surface area (Å²) in [4.78, 5) is 4.13. The molecule has 0 aliphatic heterocycles. The molecule has 3 saturated carbocycles. The first-order valence-corrected chi connectivity index (χ1v) is 11.1. The average Bonchev–Trinajstić information content (AvgIpc) is 2.76. The molecule has 5 nitrogen and oxygen atoms in total. The van der Waals surface area contributed by atoms with Gasteiger partial charge in [-0.3, -0.25) is 0 Å². The predicted octanol–water partition coefficient (Wildman–Crippen LogP) is 6.58. The van der Waals surface area contributed by atoms with Gasteiger partial charge in [0, 0.05) is 31.5 Å². The summed E-state index contributed by atoms with van der Waals surface area (Å²) in [6.07, 6.45) is -2.50. The highest BCUT2D eigenvalue weighted by molar-refractivity contribution is 5.38. The van der Waals surface area contributed by atoms with E-state index in [1.54, 1.807) is 60.8 Å². The maximum absolute atomic E-state index is 13.0. The fourth-order valence-electron chi connectivity index (χ4n) is 4.54. The molecule has 2 aromatic carbocycles.